The van der Waals surface area contributed by atoms with E-state index in [1.807, 2.05) is 18.2 Å². The van der Waals surface area contributed by atoms with E-state index in [1.165, 1.54) is 0 Å². The summed E-state index contributed by atoms with van der Waals surface area (Å²) in [5, 5.41) is 15.2. The number of benzene rings is 1. The molecular weight excluding hydrogens is 488 g/mol. The Morgan fingerprint density at radius 2 is 1.95 bits per heavy atom. The van der Waals surface area contributed by atoms with Crippen LogP contribution in [-0.2, 0) is 22.6 Å². The lowest BCUT2D eigenvalue weighted by molar-refractivity contribution is -0.130. The Morgan fingerprint density at radius 1 is 1.18 bits per heavy atom. The van der Waals surface area contributed by atoms with Gasteiger partial charge in [-0.25, -0.2) is 9.78 Å². The Bertz CT molecular complexity index is 1230. The van der Waals surface area contributed by atoms with Crippen LogP contribution in [0.15, 0.2) is 36.4 Å². The molecule has 2 aliphatic rings. The van der Waals surface area contributed by atoms with Crippen LogP contribution in [-0.4, -0.2) is 75.4 Å². The molecule has 2 aromatic rings. The molecule has 38 heavy (non-hydrogen) atoms. The highest BCUT2D eigenvalue weighted by molar-refractivity contribution is 5.95. The minimum atomic E-state index is -1.18. The van der Waals surface area contributed by atoms with Gasteiger partial charge in [-0.2, -0.15) is 0 Å². The molecule has 202 valence electrons. The van der Waals surface area contributed by atoms with E-state index in [0.717, 1.165) is 35.5 Å². The smallest absolute Gasteiger partial charge is 0.407 e. The topological polar surface area (TPSA) is 158 Å². The molecule has 1 aromatic heterocycles. The van der Waals surface area contributed by atoms with Crippen LogP contribution in [0.3, 0.4) is 0 Å². The van der Waals surface area contributed by atoms with Crippen LogP contribution in [0.5, 0.6) is 0 Å². The molecule has 0 bridgehead atoms. The molecule has 5 N–H and O–H groups in total. The molecule has 2 aliphatic heterocycles. The highest BCUT2D eigenvalue weighted by atomic mass is 16.4. The van der Waals surface area contributed by atoms with Crippen molar-refractivity contribution in [2.75, 3.05) is 25.4 Å². The van der Waals surface area contributed by atoms with Gasteiger partial charge in [0.25, 0.3) is 5.91 Å². The molecule has 2 saturated heterocycles. The van der Waals surface area contributed by atoms with Crippen LogP contribution < -0.4 is 16.4 Å². The average Bonchev–Trinajstić information content (AvgIpc) is 3.26. The molecule has 11 heteroatoms. The number of carbonyl (C=O) groups excluding carboxylic acids is 3. The zero-order valence-electron chi connectivity index (χ0n) is 21.6. The highest BCUT2D eigenvalue weighted by Crippen LogP contribution is 2.27. The molecule has 0 saturated carbocycles. The van der Waals surface area contributed by atoms with Crippen LogP contribution in [0.1, 0.15) is 46.9 Å². The van der Waals surface area contributed by atoms with Crippen molar-refractivity contribution in [3.8, 4) is 0 Å². The van der Waals surface area contributed by atoms with Crippen molar-refractivity contribution in [3.63, 3.8) is 0 Å². The van der Waals surface area contributed by atoms with Gasteiger partial charge in [0.1, 0.15) is 17.9 Å². The van der Waals surface area contributed by atoms with Gasteiger partial charge in [-0.05, 0) is 68.4 Å². The Morgan fingerprint density at radius 3 is 2.61 bits per heavy atom. The van der Waals surface area contributed by atoms with E-state index in [-0.39, 0.29) is 24.9 Å². The molecular formula is C27H34N6O5. The number of pyridine rings is 1. The Balaban J connectivity index is 1.33. The fourth-order valence-corrected chi connectivity index (χ4v) is 4.90. The SMILES string of the molecule is Cc1nc(N)ccc1CNC(=O)[C@H](C)NC(=O)[C@H]1C[C@H](Cc2cccc(C(=O)N3CCC3)c2)CN1C(=O)O. The van der Waals surface area contributed by atoms with E-state index in [2.05, 4.69) is 15.6 Å². The summed E-state index contributed by atoms with van der Waals surface area (Å²) in [6.07, 6.45) is 0.701. The Labute approximate surface area is 221 Å². The van der Waals surface area contributed by atoms with E-state index < -0.39 is 30.0 Å². The number of nitrogens with two attached hydrogens (primary N) is 1. The van der Waals surface area contributed by atoms with E-state index in [4.69, 9.17) is 5.73 Å². The van der Waals surface area contributed by atoms with Gasteiger partial charge in [-0.3, -0.25) is 19.3 Å². The summed E-state index contributed by atoms with van der Waals surface area (Å²) < 4.78 is 0. The lowest BCUT2D eigenvalue weighted by atomic mass is 9.95. The number of rotatable bonds is 8. The maximum atomic E-state index is 13.0. The number of carbonyl (C=O) groups is 4. The fourth-order valence-electron chi connectivity index (χ4n) is 4.90. The van der Waals surface area contributed by atoms with Gasteiger partial charge < -0.3 is 26.4 Å². The monoisotopic (exact) mass is 522 g/mol. The summed E-state index contributed by atoms with van der Waals surface area (Å²) in [7, 11) is 0. The molecule has 0 aliphatic carbocycles. The Kier molecular flexibility index (Phi) is 8.13. The van der Waals surface area contributed by atoms with E-state index in [0.29, 0.717) is 29.9 Å². The molecule has 11 nitrogen and oxygen atoms in total. The maximum absolute atomic E-state index is 13.0. The number of aromatic nitrogens is 1. The molecule has 3 heterocycles. The molecule has 1 aromatic carbocycles. The zero-order valence-corrected chi connectivity index (χ0v) is 21.6. The number of nitrogens with zero attached hydrogens (tertiary/aromatic N) is 3. The number of amides is 4. The van der Waals surface area contributed by atoms with Gasteiger partial charge in [0.2, 0.25) is 11.8 Å². The molecule has 2 fully saturated rings. The summed E-state index contributed by atoms with van der Waals surface area (Å²) >= 11 is 0. The van der Waals surface area contributed by atoms with E-state index >= 15 is 0 Å². The second kappa shape index (κ2) is 11.5. The fraction of sp³-hybridized carbons (Fsp3) is 0.444. The number of hydrogen-bond donors (Lipinski definition) is 4. The third-order valence-corrected chi connectivity index (χ3v) is 7.20. The van der Waals surface area contributed by atoms with Gasteiger partial charge in [-0.1, -0.05) is 18.2 Å². The number of anilines is 1. The van der Waals surface area contributed by atoms with Crippen LogP contribution in [0.25, 0.3) is 0 Å². The summed E-state index contributed by atoms with van der Waals surface area (Å²) in [6, 6.07) is 9.05. The first-order chi connectivity index (χ1) is 18.1. The second-order valence-electron chi connectivity index (χ2n) is 10.0. The van der Waals surface area contributed by atoms with Crippen molar-refractivity contribution in [2.24, 2.45) is 5.92 Å². The van der Waals surface area contributed by atoms with Crippen molar-refractivity contribution in [2.45, 2.75) is 51.7 Å². The first-order valence-electron chi connectivity index (χ1n) is 12.8. The number of nitrogens with one attached hydrogen (secondary N) is 2. The van der Waals surface area contributed by atoms with Crippen LogP contribution >= 0.6 is 0 Å². The van der Waals surface area contributed by atoms with Crippen molar-refractivity contribution < 1.29 is 24.3 Å². The van der Waals surface area contributed by atoms with Crippen LogP contribution in [0.2, 0.25) is 0 Å². The standard InChI is InChI=1S/C27H34N6O5/c1-16-21(7-8-23(28)30-16)14-29-24(34)17(2)31-25(35)22-13-19(15-33(22)27(37)38)11-18-5-3-6-20(12-18)26(36)32-9-4-10-32/h3,5-8,12,17,19,22H,4,9-11,13-15H2,1-2H3,(H2,28,30)(H,29,34)(H,31,35)(H,37,38)/t17-,19-,22+/m0/s1. The van der Waals surface area contributed by atoms with Gasteiger partial charge in [0, 0.05) is 37.4 Å². The normalized spacial score (nSPS) is 19.4. The summed E-state index contributed by atoms with van der Waals surface area (Å²) in [5.74, 6) is -0.603. The quantitative estimate of drug-likeness (QED) is 0.409. The number of aryl methyl sites for hydroxylation is 1. The maximum Gasteiger partial charge on any atom is 0.407 e. The third kappa shape index (κ3) is 6.21. The molecule has 4 amide bonds. The third-order valence-electron chi connectivity index (χ3n) is 7.20. The van der Waals surface area contributed by atoms with E-state index in [1.54, 1.807) is 36.9 Å². The number of carboxylic acid groups (broad SMARTS) is 1. The van der Waals surface area contributed by atoms with Gasteiger partial charge in [0.05, 0.1) is 0 Å². The van der Waals surface area contributed by atoms with Crippen molar-refractivity contribution >= 4 is 29.6 Å². The molecule has 0 radical (unpaired) electrons. The van der Waals surface area contributed by atoms with Crippen molar-refractivity contribution in [3.05, 3.63) is 58.8 Å². The number of nitrogen functional groups attached to an aromatic ring is 1. The lowest BCUT2D eigenvalue weighted by Gasteiger charge is -2.31. The first-order valence-corrected chi connectivity index (χ1v) is 12.8. The highest BCUT2D eigenvalue weighted by Gasteiger charge is 2.40. The molecule has 4 rings (SSSR count). The lowest BCUT2D eigenvalue weighted by Crippen LogP contribution is -2.51. The summed E-state index contributed by atoms with van der Waals surface area (Å²) in [6.45, 7) is 5.31. The zero-order chi connectivity index (χ0) is 27.4. The Hall–Kier alpha value is -4.15. The largest absolute Gasteiger partial charge is 0.465 e. The minimum Gasteiger partial charge on any atom is -0.465 e. The van der Waals surface area contributed by atoms with Gasteiger partial charge in [0.15, 0.2) is 0 Å². The molecule has 3 atom stereocenters. The molecule has 0 spiro atoms. The predicted octanol–water partition coefficient (Wildman–Crippen LogP) is 1.55. The summed E-state index contributed by atoms with van der Waals surface area (Å²) in [5.41, 5.74) is 8.71. The summed E-state index contributed by atoms with van der Waals surface area (Å²) in [4.78, 5) is 57.2. The molecule has 0 unspecified atom stereocenters. The van der Waals surface area contributed by atoms with Crippen molar-refractivity contribution in [1.82, 2.24) is 25.4 Å². The second-order valence-corrected chi connectivity index (χ2v) is 10.0. The van der Waals surface area contributed by atoms with Crippen molar-refractivity contribution in [1.29, 1.82) is 0 Å². The minimum absolute atomic E-state index is 0.00372. The van der Waals surface area contributed by atoms with E-state index in [9.17, 15) is 24.3 Å². The first kappa shape index (κ1) is 26.9. The number of hydrogen-bond acceptors (Lipinski definition) is 6. The van der Waals surface area contributed by atoms with Gasteiger partial charge >= 0.3 is 6.09 Å². The average molecular weight is 523 g/mol. The van der Waals surface area contributed by atoms with Crippen LogP contribution in [0.4, 0.5) is 10.6 Å². The van der Waals surface area contributed by atoms with Gasteiger partial charge in [-0.15, -0.1) is 0 Å². The predicted molar refractivity (Wildman–Crippen MR) is 140 cm³/mol. The van der Waals surface area contributed by atoms with Crippen LogP contribution in [0, 0.1) is 12.8 Å². The number of likely N-dealkylation sites (tertiary alicyclic amines) is 2.